The van der Waals surface area contributed by atoms with Gasteiger partial charge < -0.3 is 16.2 Å². The summed E-state index contributed by atoms with van der Waals surface area (Å²) in [7, 11) is 0. The quantitative estimate of drug-likeness (QED) is 0.779. The molecule has 0 saturated heterocycles. The molecule has 0 aromatic heterocycles. The molecular weight excluding hydrogens is 264 g/mol. The van der Waals surface area contributed by atoms with Crippen molar-refractivity contribution in [3.05, 3.63) is 29.3 Å². The molecule has 2 rings (SSSR count). The number of nitrogens with two attached hydrogens (primary N) is 1. The molecule has 1 aromatic carbocycles. The SMILES string of the molecule is Cc1ccc(C(=O)N[C@H]2CC[C@@H](N)CC2)c(O)c1.Cl. The second-order valence-electron chi connectivity index (χ2n) is 5.11. The van der Waals surface area contributed by atoms with Gasteiger partial charge in [-0.2, -0.15) is 0 Å². The van der Waals surface area contributed by atoms with Crippen LogP contribution in [0.5, 0.6) is 5.75 Å². The van der Waals surface area contributed by atoms with Crippen molar-refractivity contribution >= 4 is 18.3 Å². The van der Waals surface area contributed by atoms with Crippen molar-refractivity contribution in [2.45, 2.75) is 44.7 Å². The Hall–Kier alpha value is -1.26. The standard InChI is InChI=1S/C14H20N2O2.ClH/c1-9-2-7-12(13(17)8-9)14(18)16-11-5-3-10(15)4-6-11;/h2,7-8,10-11,17H,3-6,15H2,1H3,(H,16,18);1H/t10-,11+;. The molecular formula is C14H21ClN2O2. The topological polar surface area (TPSA) is 75.4 Å². The lowest BCUT2D eigenvalue weighted by Crippen LogP contribution is -2.40. The number of phenols is 1. The van der Waals surface area contributed by atoms with Crippen LogP contribution in [0.1, 0.15) is 41.6 Å². The Bertz CT molecular complexity index is 443. The number of carbonyl (C=O) groups excluding carboxylic acids is 1. The van der Waals surface area contributed by atoms with Gasteiger partial charge in [0.05, 0.1) is 5.56 Å². The minimum Gasteiger partial charge on any atom is -0.507 e. The predicted octanol–water partition coefficient (Wildman–Crippen LogP) is 2.12. The fourth-order valence-corrected chi connectivity index (χ4v) is 2.36. The van der Waals surface area contributed by atoms with Crippen LogP contribution < -0.4 is 11.1 Å². The smallest absolute Gasteiger partial charge is 0.255 e. The number of aryl methyl sites for hydroxylation is 1. The van der Waals surface area contributed by atoms with E-state index in [2.05, 4.69) is 5.32 Å². The van der Waals surface area contributed by atoms with Crippen LogP contribution in [-0.4, -0.2) is 23.1 Å². The van der Waals surface area contributed by atoms with Crippen LogP contribution in [0.3, 0.4) is 0 Å². The molecule has 4 nitrogen and oxygen atoms in total. The highest BCUT2D eigenvalue weighted by molar-refractivity contribution is 5.97. The molecule has 1 aliphatic carbocycles. The molecule has 1 saturated carbocycles. The molecule has 0 radical (unpaired) electrons. The monoisotopic (exact) mass is 284 g/mol. The maximum atomic E-state index is 12.0. The van der Waals surface area contributed by atoms with Gasteiger partial charge in [-0.25, -0.2) is 0 Å². The first-order chi connectivity index (χ1) is 8.56. The van der Waals surface area contributed by atoms with E-state index in [9.17, 15) is 9.90 Å². The largest absolute Gasteiger partial charge is 0.507 e. The van der Waals surface area contributed by atoms with Crippen LogP contribution in [-0.2, 0) is 0 Å². The highest BCUT2D eigenvalue weighted by atomic mass is 35.5. The zero-order chi connectivity index (χ0) is 13.1. The normalized spacial score (nSPS) is 22.4. The summed E-state index contributed by atoms with van der Waals surface area (Å²) in [6.45, 7) is 1.88. The number of benzene rings is 1. The number of hydrogen-bond donors (Lipinski definition) is 3. The van der Waals surface area contributed by atoms with E-state index in [0.29, 0.717) is 5.56 Å². The van der Waals surface area contributed by atoms with Crippen molar-refractivity contribution < 1.29 is 9.90 Å². The molecule has 1 aromatic rings. The van der Waals surface area contributed by atoms with Gasteiger partial charge in [0.1, 0.15) is 5.75 Å². The molecule has 1 fully saturated rings. The highest BCUT2D eigenvalue weighted by Gasteiger charge is 2.21. The molecule has 1 aliphatic rings. The van der Waals surface area contributed by atoms with Crippen molar-refractivity contribution in [2.24, 2.45) is 5.73 Å². The van der Waals surface area contributed by atoms with Crippen molar-refractivity contribution in [1.82, 2.24) is 5.32 Å². The third-order valence-corrected chi connectivity index (χ3v) is 3.50. The fraction of sp³-hybridized carbons (Fsp3) is 0.500. The fourth-order valence-electron chi connectivity index (χ4n) is 2.36. The number of nitrogens with one attached hydrogen (secondary N) is 1. The van der Waals surface area contributed by atoms with Gasteiger partial charge >= 0.3 is 0 Å². The number of phenolic OH excluding ortho intramolecular Hbond substituents is 1. The van der Waals surface area contributed by atoms with Gasteiger partial charge in [-0.1, -0.05) is 6.07 Å². The molecule has 106 valence electrons. The molecule has 5 heteroatoms. The van der Waals surface area contributed by atoms with Crippen LogP contribution in [0.2, 0.25) is 0 Å². The molecule has 0 bridgehead atoms. The zero-order valence-corrected chi connectivity index (χ0v) is 11.9. The Kier molecular flexibility index (Phi) is 5.63. The maximum Gasteiger partial charge on any atom is 0.255 e. The Balaban J connectivity index is 0.00000180. The summed E-state index contributed by atoms with van der Waals surface area (Å²) >= 11 is 0. The number of aromatic hydroxyl groups is 1. The molecule has 4 N–H and O–H groups in total. The summed E-state index contributed by atoms with van der Waals surface area (Å²) in [5, 5.41) is 12.7. The Labute approximate surface area is 119 Å². The van der Waals surface area contributed by atoms with E-state index in [1.807, 2.05) is 13.0 Å². The van der Waals surface area contributed by atoms with Gasteiger partial charge in [0.25, 0.3) is 5.91 Å². The van der Waals surface area contributed by atoms with E-state index in [4.69, 9.17) is 5.73 Å². The summed E-state index contributed by atoms with van der Waals surface area (Å²) in [6, 6.07) is 5.54. The van der Waals surface area contributed by atoms with Crippen LogP contribution >= 0.6 is 12.4 Å². The molecule has 0 spiro atoms. The second-order valence-corrected chi connectivity index (χ2v) is 5.11. The van der Waals surface area contributed by atoms with Crippen LogP contribution in [0.15, 0.2) is 18.2 Å². The summed E-state index contributed by atoms with van der Waals surface area (Å²) in [6.07, 6.45) is 3.73. The van der Waals surface area contributed by atoms with E-state index in [1.54, 1.807) is 12.1 Å². The van der Waals surface area contributed by atoms with E-state index in [0.717, 1.165) is 31.2 Å². The van der Waals surface area contributed by atoms with Crippen molar-refractivity contribution in [3.8, 4) is 5.75 Å². The van der Waals surface area contributed by atoms with Crippen molar-refractivity contribution in [1.29, 1.82) is 0 Å². The summed E-state index contributed by atoms with van der Waals surface area (Å²) in [5.41, 5.74) is 7.11. The average Bonchev–Trinajstić information content (AvgIpc) is 2.32. The van der Waals surface area contributed by atoms with Gasteiger partial charge in [0.2, 0.25) is 0 Å². The van der Waals surface area contributed by atoms with E-state index >= 15 is 0 Å². The Morgan fingerprint density at radius 3 is 2.53 bits per heavy atom. The molecule has 0 atom stereocenters. The predicted molar refractivity (Wildman–Crippen MR) is 77.8 cm³/mol. The van der Waals surface area contributed by atoms with Gasteiger partial charge in [-0.15, -0.1) is 12.4 Å². The third-order valence-electron chi connectivity index (χ3n) is 3.50. The lowest BCUT2D eigenvalue weighted by Gasteiger charge is -2.26. The second kappa shape index (κ2) is 6.78. The Morgan fingerprint density at radius 1 is 1.32 bits per heavy atom. The lowest BCUT2D eigenvalue weighted by atomic mass is 9.91. The number of hydrogen-bond acceptors (Lipinski definition) is 3. The van der Waals surface area contributed by atoms with Crippen molar-refractivity contribution in [3.63, 3.8) is 0 Å². The third kappa shape index (κ3) is 4.11. The first-order valence-corrected chi connectivity index (χ1v) is 6.42. The first-order valence-electron chi connectivity index (χ1n) is 6.42. The summed E-state index contributed by atoms with van der Waals surface area (Å²) in [4.78, 5) is 12.0. The van der Waals surface area contributed by atoms with Gasteiger partial charge in [-0.05, 0) is 50.3 Å². The minimum absolute atomic E-state index is 0. The maximum absolute atomic E-state index is 12.0. The molecule has 0 unspecified atom stereocenters. The minimum atomic E-state index is -0.201. The molecule has 19 heavy (non-hydrogen) atoms. The zero-order valence-electron chi connectivity index (χ0n) is 11.1. The number of halogens is 1. The number of amides is 1. The lowest BCUT2D eigenvalue weighted by molar-refractivity contribution is 0.0923. The Morgan fingerprint density at radius 2 is 1.95 bits per heavy atom. The molecule has 1 amide bonds. The van der Waals surface area contributed by atoms with Crippen molar-refractivity contribution in [2.75, 3.05) is 0 Å². The molecule has 0 heterocycles. The average molecular weight is 285 g/mol. The summed E-state index contributed by atoms with van der Waals surface area (Å²) < 4.78 is 0. The highest BCUT2D eigenvalue weighted by Crippen LogP contribution is 2.21. The number of carbonyl (C=O) groups is 1. The first kappa shape index (κ1) is 15.8. The van der Waals surface area contributed by atoms with E-state index in [1.165, 1.54) is 0 Å². The van der Waals surface area contributed by atoms with Gasteiger partial charge in [0, 0.05) is 12.1 Å². The van der Waals surface area contributed by atoms with Crippen LogP contribution in [0.4, 0.5) is 0 Å². The van der Waals surface area contributed by atoms with E-state index in [-0.39, 0.29) is 36.1 Å². The summed E-state index contributed by atoms with van der Waals surface area (Å²) in [5.74, 6) is -0.159. The van der Waals surface area contributed by atoms with Crippen LogP contribution in [0.25, 0.3) is 0 Å². The van der Waals surface area contributed by atoms with Gasteiger partial charge in [-0.3, -0.25) is 4.79 Å². The number of rotatable bonds is 2. The van der Waals surface area contributed by atoms with Crippen LogP contribution in [0, 0.1) is 6.92 Å². The van der Waals surface area contributed by atoms with E-state index < -0.39 is 0 Å². The molecule has 0 aliphatic heterocycles. The van der Waals surface area contributed by atoms with Gasteiger partial charge in [0.15, 0.2) is 0 Å².